The standard InChI is InChI=1S/C21H14N2O5/c1-13-3-2-4-15(11-13)22-20(24)18-10-9-17(12-19(18)21(22)25)28-16-7-5-14(6-8-16)23(26)27/h2-12H,1H3. The summed E-state index contributed by atoms with van der Waals surface area (Å²) in [5.74, 6) is -0.0510. The van der Waals surface area contributed by atoms with Gasteiger partial charge in [-0.25, -0.2) is 4.90 Å². The first-order chi connectivity index (χ1) is 13.4. The average molecular weight is 374 g/mol. The molecule has 28 heavy (non-hydrogen) atoms. The van der Waals surface area contributed by atoms with Crippen LogP contribution in [0.25, 0.3) is 0 Å². The van der Waals surface area contributed by atoms with Crippen molar-refractivity contribution >= 4 is 23.2 Å². The molecule has 1 aliphatic heterocycles. The summed E-state index contributed by atoms with van der Waals surface area (Å²) in [4.78, 5) is 36.9. The largest absolute Gasteiger partial charge is 0.457 e. The summed E-state index contributed by atoms with van der Waals surface area (Å²) in [5.41, 5.74) is 1.98. The maximum atomic E-state index is 12.8. The third-order valence-electron chi connectivity index (χ3n) is 4.40. The maximum Gasteiger partial charge on any atom is 0.269 e. The Hall–Kier alpha value is -4.00. The number of imide groups is 1. The molecule has 0 saturated carbocycles. The zero-order valence-electron chi connectivity index (χ0n) is 14.8. The number of anilines is 1. The second kappa shape index (κ2) is 6.62. The average Bonchev–Trinajstić information content (AvgIpc) is 2.92. The lowest BCUT2D eigenvalue weighted by Crippen LogP contribution is -2.29. The quantitative estimate of drug-likeness (QED) is 0.381. The van der Waals surface area contributed by atoms with Crippen molar-refractivity contribution in [2.45, 2.75) is 6.92 Å². The topological polar surface area (TPSA) is 89.8 Å². The molecular formula is C21H14N2O5. The highest BCUT2D eigenvalue weighted by atomic mass is 16.6. The van der Waals surface area contributed by atoms with Crippen LogP contribution in [0.2, 0.25) is 0 Å². The highest BCUT2D eigenvalue weighted by Crippen LogP contribution is 2.32. The minimum atomic E-state index is -0.497. The van der Waals surface area contributed by atoms with Crippen molar-refractivity contribution in [3.05, 3.63) is 93.5 Å². The van der Waals surface area contributed by atoms with Crippen LogP contribution in [0.15, 0.2) is 66.7 Å². The van der Waals surface area contributed by atoms with E-state index < -0.39 is 10.8 Å². The Labute approximate surface area is 159 Å². The molecule has 4 rings (SSSR count). The number of ether oxygens (including phenoxy) is 1. The van der Waals surface area contributed by atoms with E-state index in [1.807, 2.05) is 13.0 Å². The predicted molar refractivity (Wildman–Crippen MR) is 102 cm³/mol. The first-order valence-corrected chi connectivity index (χ1v) is 8.46. The van der Waals surface area contributed by atoms with Gasteiger partial charge >= 0.3 is 0 Å². The Morgan fingerprint density at radius 3 is 2.21 bits per heavy atom. The first-order valence-electron chi connectivity index (χ1n) is 8.46. The molecule has 0 bridgehead atoms. The SMILES string of the molecule is Cc1cccc(N2C(=O)c3ccc(Oc4ccc([N+](=O)[O-])cc4)cc3C2=O)c1. The van der Waals surface area contributed by atoms with E-state index in [1.165, 1.54) is 30.3 Å². The van der Waals surface area contributed by atoms with Crippen LogP contribution < -0.4 is 9.64 Å². The minimum absolute atomic E-state index is 0.0455. The molecule has 0 radical (unpaired) electrons. The summed E-state index contributed by atoms with van der Waals surface area (Å²) < 4.78 is 5.68. The van der Waals surface area contributed by atoms with Crippen LogP contribution >= 0.6 is 0 Å². The molecule has 3 aromatic carbocycles. The molecule has 0 fully saturated rings. The summed E-state index contributed by atoms with van der Waals surface area (Å²) in [7, 11) is 0. The van der Waals surface area contributed by atoms with Gasteiger partial charge in [-0.15, -0.1) is 0 Å². The summed E-state index contributed by atoms with van der Waals surface area (Å²) >= 11 is 0. The number of nitro groups is 1. The molecular weight excluding hydrogens is 360 g/mol. The van der Waals surface area contributed by atoms with Gasteiger partial charge in [0.25, 0.3) is 17.5 Å². The summed E-state index contributed by atoms with van der Waals surface area (Å²) in [6.07, 6.45) is 0. The van der Waals surface area contributed by atoms with Crippen LogP contribution in [0.4, 0.5) is 11.4 Å². The Morgan fingerprint density at radius 1 is 0.857 bits per heavy atom. The van der Waals surface area contributed by atoms with Gasteiger partial charge < -0.3 is 4.74 Å². The number of carbonyl (C=O) groups excluding carboxylic acids is 2. The normalized spacial score (nSPS) is 12.8. The smallest absolute Gasteiger partial charge is 0.269 e. The Balaban J connectivity index is 1.62. The van der Waals surface area contributed by atoms with Gasteiger partial charge in [-0.1, -0.05) is 12.1 Å². The number of carbonyl (C=O) groups is 2. The van der Waals surface area contributed by atoms with E-state index in [4.69, 9.17) is 4.74 Å². The van der Waals surface area contributed by atoms with Gasteiger partial charge in [-0.05, 0) is 55.0 Å². The number of rotatable bonds is 4. The molecule has 0 aromatic heterocycles. The molecule has 0 aliphatic carbocycles. The van der Waals surface area contributed by atoms with Crippen molar-refractivity contribution in [2.24, 2.45) is 0 Å². The molecule has 0 atom stereocenters. The van der Waals surface area contributed by atoms with Crippen LogP contribution in [0.3, 0.4) is 0 Å². The predicted octanol–water partition coefficient (Wildman–Crippen LogP) is 4.50. The minimum Gasteiger partial charge on any atom is -0.457 e. The molecule has 7 heteroatoms. The summed E-state index contributed by atoms with van der Waals surface area (Å²) in [6.45, 7) is 1.89. The number of benzene rings is 3. The van der Waals surface area contributed by atoms with Gasteiger partial charge in [-0.2, -0.15) is 0 Å². The van der Waals surface area contributed by atoms with Crippen molar-refractivity contribution in [1.29, 1.82) is 0 Å². The molecule has 138 valence electrons. The fourth-order valence-corrected chi connectivity index (χ4v) is 3.06. The van der Waals surface area contributed by atoms with E-state index in [9.17, 15) is 19.7 Å². The van der Waals surface area contributed by atoms with Gasteiger partial charge in [0.15, 0.2) is 0 Å². The van der Waals surface area contributed by atoms with Crippen molar-refractivity contribution in [3.8, 4) is 11.5 Å². The zero-order chi connectivity index (χ0) is 19.8. The molecule has 2 amide bonds. The summed E-state index contributed by atoms with van der Waals surface area (Å²) in [6, 6.07) is 17.4. The number of nitro benzene ring substituents is 1. The van der Waals surface area contributed by atoms with E-state index >= 15 is 0 Å². The van der Waals surface area contributed by atoms with Gasteiger partial charge in [0.1, 0.15) is 11.5 Å². The van der Waals surface area contributed by atoms with E-state index in [2.05, 4.69) is 0 Å². The van der Waals surface area contributed by atoms with Crippen molar-refractivity contribution in [3.63, 3.8) is 0 Å². The lowest BCUT2D eigenvalue weighted by atomic mass is 10.1. The lowest BCUT2D eigenvalue weighted by Gasteiger charge is -2.14. The Morgan fingerprint density at radius 2 is 1.54 bits per heavy atom. The van der Waals surface area contributed by atoms with Crippen LogP contribution in [-0.2, 0) is 0 Å². The van der Waals surface area contributed by atoms with E-state index in [-0.39, 0.29) is 17.2 Å². The number of aryl methyl sites for hydroxylation is 1. The second-order valence-corrected chi connectivity index (χ2v) is 6.35. The fraction of sp³-hybridized carbons (Fsp3) is 0.0476. The van der Waals surface area contributed by atoms with Gasteiger partial charge in [0, 0.05) is 12.1 Å². The lowest BCUT2D eigenvalue weighted by molar-refractivity contribution is -0.384. The molecule has 7 nitrogen and oxygen atoms in total. The van der Waals surface area contributed by atoms with Crippen molar-refractivity contribution in [1.82, 2.24) is 0 Å². The number of nitrogens with zero attached hydrogens (tertiary/aromatic N) is 2. The van der Waals surface area contributed by atoms with E-state index in [0.717, 1.165) is 10.5 Å². The monoisotopic (exact) mass is 374 g/mol. The number of hydrogen-bond acceptors (Lipinski definition) is 5. The third-order valence-corrected chi connectivity index (χ3v) is 4.40. The van der Waals surface area contributed by atoms with Gasteiger partial charge in [0.2, 0.25) is 0 Å². The highest BCUT2D eigenvalue weighted by Gasteiger charge is 2.37. The van der Waals surface area contributed by atoms with Crippen LogP contribution in [0.1, 0.15) is 26.3 Å². The van der Waals surface area contributed by atoms with Crippen LogP contribution in [0.5, 0.6) is 11.5 Å². The number of amides is 2. The third kappa shape index (κ3) is 2.99. The molecule has 1 aliphatic rings. The fourth-order valence-electron chi connectivity index (χ4n) is 3.06. The zero-order valence-corrected chi connectivity index (χ0v) is 14.8. The molecule has 0 saturated heterocycles. The van der Waals surface area contributed by atoms with Crippen LogP contribution in [0, 0.1) is 17.0 Å². The number of hydrogen-bond donors (Lipinski definition) is 0. The molecule has 1 heterocycles. The molecule has 0 unspecified atom stereocenters. The van der Waals surface area contributed by atoms with E-state index in [1.54, 1.807) is 30.3 Å². The maximum absolute atomic E-state index is 12.8. The molecule has 0 spiro atoms. The summed E-state index contributed by atoms with van der Waals surface area (Å²) in [5, 5.41) is 10.7. The Bertz CT molecular complexity index is 1120. The van der Waals surface area contributed by atoms with Crippen LogP contribution in [-0.4, -0.2) is 16.7 Å². The van der Waals surface area contributed by atoms with Crippen molar-refractivity contribution in [2.75, 3.05) is 4.90 Å². The van der Waals surface area contributed by atoms with E-state index in [0.29, 0.717) is 22.7 Å². The van der Waals surface area contributed by atoms with Gasteiger partial charge in [-0.3, -0.25) is 19.7 Å². The molecule has 3 aromatic rings. The van der Waals surface area contributed by atoms with Crippen molar-refractivity contribution < 1.29 is 19.2 Å². The number of fused-ring (bicyclic) bond motifs is 1. The molecule has 0 N–H and O–H groups in total. The highest BCUT2D eigenvalue weighted by molar-refractivity contribution is 6.34. The Kier molecular flexibility index (Phi) is 4.12. The number of non-ortho nitro benzene ring substituents is 1. The van der Waals surface area contributed by atoms with Gasteiger partial charge in [0.05, 0.1) is 21.7 Å². The first kappa shape index (κ1) is 17.4. The second-order valence-electron chi connectivity index (χ2n) is 6.35.